The fraction of sp³-hybridized carbons (Fsp3) is 0.333. The molecule has 1 saturated carbocycles. The van der Waals surface area contributed by atoms with Crippen LogP contribution in [0.5, 0.6) is 0 Å². The smallest absolute Gasteiger partial charge is 0.404 e. The Hall–Kier alpha value is -2.67. The van der Waals surface area contributed by atoms with Gasteiger partial charge < -0.3 is 15.7 Å². The topological polar surface area (TPSA) is 104 Å². The summed E-state index contributed by atoms with van der Waals surface area (Å²) in [4.78, 5) is 31.8. The van der Waals surface area contributed by atoms with E-state index in [2.05, 4.69) is 20.6 Å². The van der Waals surface area contributed by atoms with E-state index in [-0.39, 0.29) is 29.3 Å². The highest BCUT2D eigenvalue weighted by Gasteiger charge is 2.34. The van der Waals surface area contributed by atoms with E-state index in [1.54, 1.807) is 6.20 Å². The highest BCUT2D eigenvalue weighted by molar-refractivity contribution is 6.29. The number of carbonyl (C=O) groups is 2. The normalized spacial score (nSPS) is 14.5. The van der Waals surface area contributed by atoms with Crippen LogP contribution in [0.4, 0.5) is 4.79 Å². The van der Waals surface area contributed by atoms with E-state index in [1.165, 1.54) is 12.1 Å². The van der Waals surface area contributed by atoms with Crippen LogP contribution in [0.3, 0.4) is 0 Å². The molecule has 2 amide bonds. The molecule has 0 aromatic carbocycles. The Morgan fingerprint density at radius 2 is 2.12 bits per heavy atom. The van der Waals surface area contributed by atoms with Gasteiger partial charge in [-0.25, -0.2) is 9.78 Å². The predicted molar refractivity (Wildman–Crippen MR) is 96.0 cm³/mol. The quantitative estimate of drug-likeness (QED) is 0.674. The Morgan fingerprint density at radius 1 is 1.35 bits per heavy atom. The maximum absolute atomic E-state index is 12.7. The summed E-state index contributed by atoms with van der Waals surface area (Å²) in [6.45, 7) is 2.03. The molecule has 0 bridgehead atoms. The fourth-order valence-corrected chi connectivity index (χ4v) is 2.98. The Morgan fingerprint density at radius 3 is 2.77 bits per heavy atom. The lowest BCUT2D eigenvalue weighted by molar-refractivity contribution is 0.0925. The number of halogens is 1. The second-order valence-corrected chi connectivity index (χ2v) is 6.78. The molecule has 0 aliphatic heterocycles. The first-order valence-electron chi connectivity index (χ1n) is 8.29. The number of hydrogen-bond acceptors (Lipinski definition) is 4. The van der Waals surface area contributed by atoms with E-state index in [4.69, 9.17) is 16.7 Å². The Balaban J connectivity index is 1.78. The van der Waals surface area contributed by atoms with Crippen molar-refractivity contribution in [1.29, 1.82) is 0 Å². The van der Waals surface area contributed by atoms with Crippen LogP contribution in [0, 0.1) is 12.8 Å². The molecule has 136 valence electrons. The van der Waals surface area contributed by atoms with E-state index in [1.807, 2.05) is 19.1 Å². The Bertz CT molecular complexity index is 839. The standard InChI is InChI=1S/C18H19ClN4O3/c1-10-4-5-20-13(6-10)16(12-2-3-12)23-17(24)14-7-11(8-15(19)22-14)9-21-18(25)26/h4-8,12,16,21H,2-3,9H2,1H3,(H,23,24)(H,25,26). The van der Waals surface area contributed by atoms with E-state index >= 15 is 0 Å². The Kier molecular flexibility index (Phi) is 5.37. The van der Waals surface area contributed by atoms with Crippen molar-refractivity contribution in [3.8, 4) is 0 Å². The van der Waals surface area contributed by atoms with Gasteiger partial charge in [0, 0.05) is 12.7 Å². The molecule has 2 aromatic rings. The van der Waals surface area contributed by atoms with Crippen molar-refractivity contribution in [1.82, 2.24) is 20.6 Å². The number of amides is 2. The van der Waals surface area contributed by atoms with Gasteiger partial charge in [-0.05, 0) is 61.1 Å². The third-order valence-corrected chi connectivity index (χ3v) is 4.36. The molecule has 1 aliphatic rings. The van der Waals surface area contributed by atoms with Crippen molar-refractivity contribution in [3.05, 3.63) is 58.1 Å². The van der Waals surface area contributed by atoms with Gasteiger partial charge in [-0.1, -0.05) is 11.6 Å². The van der Waals surface area contributed by atoms with Gasteiger partial charge in [0.25, 0.3) is 5.91 Å². The number of carbonyl (C=O) groups excluding carboxylic acids is 1. The van der Waals surface area contributed by atoms with Crippen molar-refractivity contribution in [2.75, 3.05) is 0 Å². The summed E-state index contributed by atoms with van der Waals surface area (Å²) in [5.74, 6) is 0.00450. The summed E-state index contributed by atoms with van der Waals surface area (Å²) < 4.78 is 0. The number of nitrogens with one attached hydrogen (secondary N) is 2. The van der Waals surface area contributed by atoms with E-state index in [9.17, 15) is 9.59 Å². The van der Waals surface area contributed by atoms with Crippen LogP contribution in [-0.4, -0.2) is 27.1 Å². The molecule has 0 saturated heterocycles. The highest BCUT2D eigenvalue weighted by atomic mass is 35.5. The van der Waals surface area contributed by atoms with Crippen LogP contribution in [0.1, 0.15) is 46.2 Å². The lowest BCUT2D eigenvalue weighted by Gasteiger charge is -2.18. The van der Waals surface area contributed by atoms with Gasteiger partial charge in [0.15, 0.2) is 0 Å². The van der Waals surface area contributed by atoms with Crippen LogP contribution in [0.15, 0.2) is 30.5 Å². The Labute approximate surface area is 155 Å². The van der Waals surface area contributed by atoms with Gasteiger partial charge in [-0.3, -0.25) is 9.78 Å². The minimum absolute atomic E-state index is 0.0450. The molecule has 3 rings (SSSR count). The van der Waals surface area contributed by atoms with Gasteiger partial charge in [-0.15, -0.1) is 0 Å². The van der Waals surface area contributed by atoms with Gasteiger partial charge in [-0.2, -0.15) is 0 Å². The average Bonchev–Trinajstić information content (AvgIpc) is 3.42. The molecule has 0 spiro atoms. The van der Waals surface area contributed by atoms with Crippen molar-refractivity contribution in [2.24, 2.45) is 5.92 Å². The maximum atomic E-state index is 12.7. The molecule has 8 heteroatoms. The summed E-state index contributed by atoms with van der Waals surface area (Å²) >= 11 is 5.98. The van der Waals surface area contributed by atoms with E-state index in [0.717, 1.165) is 24.1 Å². The van der Waals surface area contributed by atoms with Gasteiger partial charge in [0.05, 0.1) is 11.7 Å². The molecule has 1 aliphatic carbocycles. The third kappa shape index (κ3) is 4.70. The summed E-state index contributed by atoms with van der Waals surface area (Å²) in [5, 5.41) is 14.1. The van der Waals surface area contributed by atoms with Crippen molar-refractivity contribution in [3.63, 3.8) is 0 Å². The van der Waals surface area contributed by atoms with E-state index in [0.29, 0.717) is 11.5 Å². The fourth-order valence-electron chi connectivity index (χ4n) is 2.75. The maximum Gasteiger partial charge on any atom is 0.404 e. The number of carboxylic acid groups (broad SMARTS) is 1. The molecule has 1 fully saturated rings. The second kappa shape index (κ2) is 7.70. The zero-order valence-electron chi connectivity index (χ0n) is 14.2. The molecule has 0 radical (unpaired) electrons. The highest BCUT2D eigenvalue weighted by Crippen LogP contribution is 2.40. The molecule has 1 unspecified atom stereocenters. The first-order chi connectivity index (χ1) is 12.4. The van der Waals surface area contributed by atoms with Gasteiger partial charge in [0.1, 0.15) is 10.8 Å². The number of hydrogen-bond donors (Lipinski definition) is 3. The predicted octanol–water partition coefficient (Wildman–Crippen LogP) is 3.09. The van der Waals surface area contributed by atoms with Gasteiger partial charge in [0.2, 0.25) is 0 Å². The van der Waals surface area contributed by atoms with Crippen LogP contribution in [0.25, 0.3) is 0 Å². The van der Waals surface area contributed by atoms with E-state index < -0.39 is 6.09 Å². The zero-order valence-corrected chi connectivity index (χ0v) is 15.0. The molecule has 7 nitrogen and oxygen atoms in total. The molecular weight excluding hydrogens is 356 g/mol. The summed E-state index contributed by atoms with van der Waals surface area (Å²) in [6.07, 6.45) is 2.66. The summed E-state index contributed by atoms with van der Waals surface area (Å²) in [7, 11) is 0. The number of aryl methyl sites for hydroxylation is 1. The number of nitrogens with zero attached hydrogens (tertiary/aromatic N) is 2. The largest absolute Gasteiger partial charge is 0.465 e. The number of rotatable bonds is 6. The van der Waals surface area contributed by atoms with Crippen molar-refractivity contribution in [2.45, 2.75) is 32.4 Å². The molecule has 3 N–H and O–H groups in total. The zero-order chi connectivity index (χ0) is 18.7. The summed E-state index contributed by atoms with van der Waals surface area (Å²) in [5.41, 5.74) is 2.63. The van der Waals surface area contributed by atoms with Gasteiger partial charge >= 0.3 is 6.09 Å². The first kappa shape index (κ1) is 18.1. The molecular formula is C18H19ClN4O3. The average molecular weight is 375 g/mol. The minimum Gasteiger partial charge on any atom is -0.465 e. The molecule has 1 atom stereocenters. The van der Waals surface area contributed by atoms with Crippen LogP contribution < -0.4 is 10.6 Å². The minimum atomic E-state index is -1.15. The lowest BCUT2D eigenvalue weighted by Crippen LogP contribution is -2.31. The second-order valence-electron chi connectivity index (χ2n) is 6.39. The molecule has 2 heterocycles. The lowest BCUT2D eigenvalue weighted by atomic mass is 10.1. The SMILES string of the molecule is Cc1ccnc(C(NC(=O)c2cc(CNC(=O)O)cc(Cl)n2)C2CC2)c1. The first-order valence-corrected chi connectivity index (χ1v) is 8.67. The molecule has 26 heavy (non-hydrogen) atoms. The van der Waals surface area contributed by atoms with Crippen LogP contribution in [0.2, 0.25) is 5.15 Å². The summed E-state index contributed by atoms with van der Waals surface area (Å²) in [6, 6.07) is 6.76. The van der Waals surface area contributed by atoms with Crippen LogP contribution >= 0.6 is 11.6 Å². The molecule has 2 aromatic heterocycles. The third-order valence-electron chi connectivity index (χ3n) is 4.17. The van der Waals surface area contributed by atoms with Crippen molar-refractivity contribution < 1.29 is 14.7 Å². The number of pyridine rings is 2. The van der Waals surface area contributed by atoms with Crippen molar-refractivity contribution >= 4 is 23.6 Å². The monoisotopic (exact) mass is 374 g/mol. The van der Waals surface area contributed by atoms with Crippen LogP contribution in [-0.2, 0) is 6.54 Å². The number of aromatic nitrogens is 2.